The van der Waals surface area contributed by atoms with E-state index in [1.165, 1.54) is 6.33 Å². The fraction of sp³-hybridized carbons (Fsp3) is 0.500. The van der Waals surface area contributed by atoms with E-state index in [-0.39, 0.29) is 5.56 Å². The molecule has 0 saturated heterocycles. The van der Waals surface area contributed by atoms with Crippen molar-refractivity contribution >= 4 is 17.1 Å². The van der Waals surface area contributed by atoms with Crippen molar-refractivity contribution < 1.29 is 4.74 Å². The first-order valence-corrected chi connectivity index (χ1v) is 5.56. The van der Waals surface area contributed by atoms with Crippen LogP contribution in [0.2, 0.25) is 0 Å². The Morgan fingerprint density at radius 3 is 3.18 bits per heavy atom. The van der Waals surface area contributed by atoms with Crippen molar-refractivity contribution in [2.45, 2.75) is 13.3 Å². The largest absolute Gasteiger partial charge is 0.380 e. The Kier molecular flexibility index (Phi) is 3.71. The van der Waals surface area contributed by atoms with E-state index in [0.29, 0.717) is 30.3 Å². The standard InChI is InChI=1S/C10H15N5O2/c1-2-4-17-5-3-11-10-14-8-7(9(16)15-10)12-6-13-8/h6H,2-5H2,1H3,(H3,11,12,13,14,15,16). The van der Waals surface area contributed by atoms with Crippen molar-refractivity contribution in [2.75, 3.05) is 25.1 Å². The number of imidazole rings is 1. The second-order valence-electron chi connectivity index (χ2n) is 3.55. The molecule has 0 unspecified atom stereocenters. The van der Waals surface area contributed by atoms with Gasteiger partial charge in [0.25, 0.3) is 5.56 Å². The van der Waals surface area contributed by atoms with Crippen molar-refractivity contribution in [3.8, 4) is 0 Å². The van der Waals surface area contributed by atoms with Crippen LogP contribution in [-0.2, 0) is 4.74 Å². The molecule has 7 nitrogen and oxygen atoms in total. The SMILES string of the molecule is CCCOCCNc1nc2nc[nH]c2c(=O)[nH]1. The van der Waals surface area contributed by atoms with Crippen LogP contribution in [-0.4, -0.2) is 39.7 Å². The number of fused-ring (bicyclic) bond motifs is 1. The molecular weight excluding hydrogens is 222 g/mol. The first-order valence-electron chi connectivity index (χ1n) is 5.56. The van der Waals surface area contributed by atoms with E-state index < -0.39 is 0 Å². The summed E-state index contributed by atoms with van der Waals surface area (Å²) in [5.74, 6) is 0.412. The van der Waals surface area contributed by atoms with Gasteiger partial charge < -0.3 is 15.0 Å². The van der Waals surface area contributed by atoms with Crippen LogP contribution < -0.4 is 10.9 Å². The molecule has 0 aliphatic heterocycles. The van der Waals surface area contributed by atoms with E-state index in [4.69, 9.17) is 4.74 Å². The number of anilines is 1. The summed E-state index contributed by atoms with van der Waals surface area (Å²) in [6.45, 7) is 3.97. The number of hydrogen-bond acceptors (Lipinski definition) is 5. The maximum Gasteiger partial charge on any atom is 0.278 e. The molecule has 0 aliphatic rings. The molecule has 2 aromatic heterocycles. The van der Waals surface area contributed by atoms with Crippen LogP contribution in [0.5, 0.6) is 0 Å². The molecule has 0 saturated carbocycles. The smallest absolute Gasteiger partial charge is 0.278 e. The lowest BCUT2D eigenvalue weighted by molar-refractivity contribution is 0.144. The van der Waals surface area contributed by atoms with Gasteiger partial charge in [-0.3, -0.25) is 9.78 Å². The lowest BCUT2D eigenvalue weighted by atomic mass is 10.5. The molecule has 92 valence electrons. The highest BCUT2D eigenvalue weighted by molar-refractivity contribution is 5.69. The molecule has 0 bridgehead atoms. The Balaban J connectivity index is 1.97. The van der Waals surface area contributed by atoms with Crippen LogP contribution >= 0.6 is 0 Å². The van der Waals surface area contributed by atoms with Crippen molar-refractivity contribution in [1.29, 1.82) is 0 Å². The number of ether oxygens (including phenoxy) is 1. The molecule has 0 spiro atoms. The lowest BCUT2D eigenvalue weighted by Crippen LogP contribution is -2.16. The van der Waals surface area contributed by atoms with Crippen molar-refractivity contribution in [3.05, 3.63) is 16.7 Å². The molecule has 2 rings (SSSR count). The van der Waals surface area contributed by atoms with Gasteiger partial charge in [-0.05, 0) is 6.42 Å². The Labute approximate surface area is 97.6 Å². The molecule has 0 aliphatic carbocycles. The third kappa shape index (κ3) is 2.82. The maximum absolute atomic E-state index is 11.6. The van der Waals surface area contributed by atoms with Gasteiger partial charge in [0.05, 0.1) is 12.9 Å². The van der Waals surface area contributed by atoms with E-state index in [1.54, 1.807) is 0 Å². The van der Waals surface area contributed by atoms with E-state index in [0.717, 1.165) is 13.0 Å². The molecule has 0 radical (unpaired) electrons. The summed E-state index contributed by atoms with van der Waals surface area (Å²) >= 11 is 0. The first-order chi connectivity index (χ1) is 8.31. The number of hydrogen-bond donors (Lipinski definition) is 3. The summed E-state index contributed by atoms with van der Waals surface area (Å²) < 4.78 is 5.30. The van der Waals surface area contributed by atoms with Gasteiger partial charge in [-0.25, -0.2) is 4.98 Å². The van der Waals surface area contributed by atoms with Crippen LogP contribution in [0.4, 0.5) is 5.95 Å². The average Bonchev–Trinajstić information content (AvgIpc) is 2.77. The minimum Gasteiger partial charge on any atom is -0.380 e. The lowest BCUT2D eigenvalue weighted by Gasteiger charge is -2.05. The highest BCUT2D eigenvalue weighted by Crippen LogP contribution is 2.02. The molecule has 7 heteroatoms. The minimum atomic E-state index is -0.232. The first kappa shape index (κ1) is 11.6. The quantitative estimate of drug-likeness (QED) is 0.635. The third-order valence-corrected chi connectivity index (χ3v) is 2.18. The van der Waals surface area contributed by atoms with Gasteiger partial charge in [0, 0.05) is 13.2 Å². The normalized spacial score (nSPS) is 10.9. The van der Waals surface area contributed by atoms with Gasteiger partial charge in [-0.15, -0.1) is 0 Å². The second kappa shape index (κ2) is 5.44. The Morgan fingerprint density at radius 2 is 2.35 bits per heavy atom. The summed E-state index contributed by atoms with van der Waals surface area (Å²) in [6.07, 6.45) is 2.44. The maximum atomic E-state index is 11.6. The van der Waals surface area contributed by atoms with Gasteiger partial charge in [0.1, 0.15) is 0 Å². The van der Waals surface area contributed by atoms with E-state index >= 15 is 0 Å². The zero-order valence-electron chi connectivity index (χ0n) is 9.62. The zero-order chi connectivity index (χ0) is 12.1. The number of H-pyrrole nitrogens is 2. The van der Waals surface area contributed by atoms with Crippen molar-refractivity contribution in [2.24, 2.45) is 0 Å². The highest BCUT2D eigenvalue weighted by atomic mass is 16.5. The second-order valence-corrected chi connectivity index (χ2v) is 3.55. The Hall–Kier alpha value is -1.89. The van der Waals surface area contributed by atoms with E-state index in [1.807, 2.05) is 0 Å². The molecule has 0 atom stereocenters. The summed E-state index contributed by atoms with van der Waals surface area (Å²) in [4.78, 5) is 25.0. The molecule has 3 N–H and O–H groups in total. The number of nitrogens with zero attached hydrogens (tertiary/aromatic N) is 2. The Bertz CT molecular complexity index is 533. The molecular formula is C10H15N5O2. The number of aromatic nitrogens is 4. The number of nitrogens with one attached hydrogen (secondary N) is 3. The van der Waals surface area contributed by atoms with Gasteiger partial charge in [-0.1, -0.05) is 6.92 Å². The average molecular weight is 237 g/mol. The highest BCUT2D eigenvalue weighted by Gasteiger charge is 2.04. The summed E-state index contributed by atoms with van der Waals surface area (Å²) in [6, 6.07) is 0. The Morgan fingerprint density at radius 1 is 1.47 bits per heavy atom. The fourth-order valence-electron chi connectivity index (χ4n) is 1.41. The predicted molar refractivity (Wildman–Crippen MR) is 64.1 cm³/mol. The van der Waals surface area contributed by atoms with Gasteiger partial charge in [0.2, 0.25) is 5.95 Å². The third-order valence-electron chi connectivity index (χ3n) is 2.18. The number of aromatic amines is 2. The summed E-state index contributed by atoms with van der Waals surface area (Å²) in [5.41, 5.74) is 0.563. The molecule has 2 aromatic rings. The summed E-state index contributed by atoms with van der Waals surface area (Å²) in [5, 5.41) is 2.98. The molecule has 2 heterocycles. The van der Waals surface area contributed by atoms with Crippen LogP contribution in [0.1, 0.15) is 13.3 Å². The van der Waals surface area contributed by atoms with Crippen LogP contribution in [0.25, 0.3) is 11.2 Å². The summed E-state index contributed by atoms with van der Waals surface area (Å²) in [7, 11) is 0. The molecule has 0 fully saturated rings. The van der Waals surface area contributed by atoms with E-state index in [2.05, 4.69) is 32.2 Å². The number of rotatable bonds is 6. The monoisotopic (exact) mass is 237 g/mol. The van der Waals surface area contributed by atoms with Gasteiger partial charge in [-0.2, -0.15) is 4.98 Å². The van der Waals surface area contributed by atoms with Gasteiger partial charge >= 0.3 is 0 Å². The van der Waals surface area contributed by atoms with E-state index in [9.17, 15) is 4.79 Å². The zero-order valence-corrected chi connectivity index (χ0v) is 9.62. The topological polar surface area (TPSA) is 95.7 Å². The van der Waals surface area contributed by atoms with Gasteiger partial charge in [0.15, 0.2) is 11.2 Å². The fourth-order valence-corrected chi connectivity index (χ4v) is 1.41. The molecule has 17 heavy (non-hydrogen) atoms. The van der Waals surface area contributed by atoms with Crippen LogP contribution in [0, 0.1) is 0 Å². The minimum absolute atomic E-state index is 0.232. The van der Waals surface area contributed by atoms with Crippen LogP contribution in [0.3, 0.4) is 0 Å². The van der Waals surface area contributed by atoms with Crippen LogP contribution in [0.15, 0.2) is 11.1 Å². The van der Waals surface area contributed by atoms with Crippen molar-refractivity contribution in [1.82, 2.24) is 19.9 Å². The predicted octanol–water partition coefficient (Wildman–Crippen LogP) is 0.485. The molecule has 0 aromatic carbocycles. The van der Waals surface area contributed by atoms with Crippen molar-refractivity contribution in [3.63, 3.8) is 0 Å². The molecule has 0 amide bonds.